The van der Waals surface area contributed by atoms with Gasteiger partial charge in [0.05, 0.1) is 24.5 Å². The number of benzene rings is 2. The largest absolute Gasteiger partial charge is 0.465 e. The highest BCUT2D eigenvalue weighted by Gasteiger charge is 2.16. The van der Waals surface area contributed by atoms with Crippen LogP contribution >= 0.6 is 0 Å². The summed E-state index contributed by atoms with van der Waals surface area (Å²) in [4.78, 5) is 23.4. The van der Waals surface area contributed by atoms with Gasteiger partial charge in [0.1, 0.15) is 17.5 Å². The molecular formula is C17H13F3N2O3. The Labute approximate surface area is 141 Å². The number of amides is 1. The van der Waals surface area contributed by atoms with Gasteiger partial charge in [-0.05, 0) is 30.3 Å². The second kappa shape index (κ2) is 7.61. The fourth-order valence-corrected chi connectivity index (χ4v) is 1.92. The third-order valence-corrected chi connectivity index (χ3v) is 3.25. The Bertz CT molecular complexity index is 853. The molecule has 25 heavy (non-hydrogen) atoms. The van der Waals surface area contributed by atoms with E-state index in [1.54, 1.807) is 0 Å². The summed E-state index contributed by atoms with van der Waals surface area (Å²) >= 11 is 0. The lowest BCUT2D eigenvalue weighted by Gasteiger charge is -2.11. The lowest BCUT2D eigenvalue weighted by Crippen LogP contribution is -2.22. The van der Waals surface area contributed by atoms with Crippen molar-refractivity contribution in [3.05, 3.63) is 70.5 Å². The molecule has 0 aliphatic carbocycles. The Morgan fingerprint density at radius 3 is 2.40 bits per heavy atom. The van der Waals surface area contributed by atoms with Crippen LogP contribution in [0.2, 0.25) is 0 Å². The van der Waals surface area contributed by atoms with E-state index in [1.807, 2.05) is 0 Å². The highest BCUT2D eigenvalue weighted by atomic mass is 19.1. The van der Waals surface area contributed by atoms with Gasteiger partial charge in [-0.25, -0.2) is 23.0 Å². The number of esters is 1. The molecule has 0 saturated heterocycles. The van der Waals surface area contributed by atoms with Crippen molar-refractivity contribution in [3.8, 4) is 0 Å². The monoisotopic (exact) mass is 350 g/mol. The molecule has 0 heterocycles. The minimum atomic E-state index is -1.03. The number of methoxy groups -OCH3 is 1. The van der Waals surface area contributed by atoms with Crippen molar-refractivity contribution in [3.63, 3.8) is 0 Å². The van der Waals surface area contributed by atoms with E-state index >= 15 is 0 Å². The maximum absolute atomic E-state index is 13.9. The van der Waals surface area contributed by atoms with Gasteiger partial charge in [0.25, 0.3) is 5.91 Å². The number of nitrogens with zero attached hydrogens (tertiary/aromatic N) is 2. The Balaban J connectivity index is 2.18. The van der Waals surface area contributed by atoms with Crippen LogP contribution in [0.4, 0.5) is 13.2 Å². The average Bonchev–Trinajstić information content (AvgIpc) is 2.59. The maximum Gasteiger partial charge on any atom is 0.337 e. The Morgan fingerprint density at radius 2 is 1.80 bits per heavy atom. The van der Waals surface area contributed by atoms with Gasteiger partial charge in [0.2, 0.25) is 0 Å². The summed E-state index contributed by atoms with van der Waals surface area (Å²) < 4.78 is 44.9. The quantitative estimate of drug-likeness (QED) is 0.484. The molecule has 2 rings (SSSR count). The molecule has 0 spiro atoms. The molecule has 0 aliphatic heterocycles. The number of ether oxygens (including phenoxy) is 1. The predicted molar refractivity (Wildman–Crippen MR) is 83.8 cm³/mol. The van der Waals surface area contributed by atoms with Gasteiger partial charge in [-0.1, -0.05) is 0 Å². The van der Waals surface area contributed by atoms with E-state index in [0.717, 1.165) is 29.4 Å². The Hall–Kier alpha value is -3.16. The molecule has 0 N–H and O–H groups in total. The molecule has 0 aliphatic rings. The van der Waals surface area contributed by atoms with Crippen LogP contribution in [0.3, 0.4) is 0 Å². The number of rotatable bonds is 4. The minimum Gasteiger partial charge on any atom is -0.465 e. The first-order chi connectivity index (χ1) is 11.8. The maximum atomic E-state index is 13.9. The molecule has 0 bridgehead atoms. The second-order valence-corrected chi connectivity index (χ2v) is 4.93. The molecule has 0 atom stereocenters. The summed E-state index contributed by atoms with van der Waals surface area (Å²) in [5.74, 6) is -4.11. The average molecular weight is 350 g/mol. The normalized spacial score (nSPS) is 10.8. The van der Waals surface area contributed by atoms with Gasteiger partial charge in [-0.15, -0.1) is 0 Å². The van der Waals surface area contributed by atoms with Crippen LogP contribution in [0, 0.1) is 17.5 Å². The molecule has 8 heteroatoms. The summed E-state index contributed by atoms with van der Waals surface area (Å²) in [6.07, 6.45) is 1.04. The third kappa shape index (κ3) is 4.23. The van der Waals surface area contributed by atoms with Crippen molar-refractivity contribution in [2.24, 2.45) is 5.10 Å². The minimum absolute atomic E-state index is 0.00637. The van der Waals surface area contributed by atoms with Crippen LogP contribution in [0.15, 0.2) is 41.5 Å². The Kier molecular flexibility index (Phi) is 5.53. The number of carbonyl (C=O) groups excluding carboxylic acids is 2. The van der Waals surface area contributed by atoms with Crippen LogP contribution in [0.5, 0.6) is 0 Å². The summed E-state index contributed by atoms with van der Waals surface area (Å²) in [6.45, 7) is 0. The molecule has 2 aromatic rings. The molecule has 2 aromatic carbocycles. The number of halogens is 3. The van der Waals surface area contributed by atoms with Gasteiger partial charge in [0.15, 0.2) is 0 Å². The van der Waals surface area contributed by atoms with Crippen molar-refractivity contribution in [1.29, 1.82) is 0 Å². The van der Waals surface area contributed by atoms with E-state index in [4.69, 9.17) is 0 Å². The highest BCUT2D eigenvalue weighted by molar-refractivity contribution is 5.95. The molecule has 1 amide bonds. The van der Waals surface area contributed by atoms with E-state index in [-0.39, 0.29) is 16.7 Å². The fourth-order valence-electron chi connectivity index (χ4n) is 1.92. The number of hydrogen-bond donors (Lipinski definition) is 0. The van der Waals surface area contributed by atoms with Crippen LogP contribution in [0.1, 0.15) is 26.3 Å². The SMILES string of the molecule is COC(=O)c1ccc(/C=N/N(C)C(=O)c2ccc(F)cc2F)c(F)c1. The second-order valence-electron chi connectivity index (χ2n) is 4.93. The van der Waals surface area contributed by atoms with E-state index in [2.05, 4.69) is 9.84 Å². The van der Waals surface area contributed by atoms with Crippen molar-refractivity contribution in [1.82, 2.24) is 5.01 Å². The molecule has 0 saturated carbocycles. The molecule has 0 aromatic heterocycles. The Morgan fingerprint density at radius 1 is 1.08 bits per heavy atom. The number of hydrazone groups is 1. The van der Waals surface area contributed by atoms with Crippen LogP contribution < -0.4 is 0 Å². The van der Waals surface area contributed by atoms with E-state index in [0.29, 0.717) is 6.07 Å². The first-order valence-electron chi connectivity index (χ1n) is 6.98. The lowest BCUT2D eigenvalue weighted by molar-refractivity contribution is 0.0600. The molecule has 0 radical (unpaired) electrons. The van der Waals surface area contributed by atoms with Crippen molar-refractivity contribution >= 4 is 18.1 Å². The predicted octanol–water partition coefficient (Wildman–Crippen LogP) is 3.00. The van der Waals surface area contributed by atoms with Crippen molar-refractivity contribution in [2.75, 3.05) is 14.2 Å². The van der Waals surface area contributed by atoms with Gasteiger partial charge in [0, 0.05) is 18.7 Å². The molecular weight excluding hydrogens is 337 g/mol. The summed E-state index contributed by atoms with van der Waals surface area (Å²) in [5.41, 5.74) is -0.343. The van der Waals surface area contributed by atoms with Crippen molar-refractivity contribution in [2.45, 2.75) is 0 Å². The van der Waals surface area contributed by atoms with Gasteiger partial charge < -0.3 is 4.74 Å². The molecule has 5 nitrogen and oxygen atoms in total. The smallest absolute Gasteiger partial charge is 0.337 e. The first kappa shape index (κ1) is 18.2. The van der Waals surface area contributed by atoms with Gasteiger partial charge >= 0.3 is 5.97 Å². The summed E-state index contributed by atoms with van der Waals surface area (Å²) in [6, 6.07) is 6.09. The van der Waals surface area contributed by atoms with E-state index in [9.17, 15) is 22.8 Å². The van der Waals surface area contributed by atoms with Crippen LogP contribution in [-0.2, 0) is 4.74 Å². The number of hydrogen-bond acceptors (Lipinski definition) is 4. The summed E-state index contributed by atoms with van der Waals surface area (Å²) in [5, 5.41) is 4.51. The molecule has 0 unspecified atom stereocenters. The zero-order chi connectivity index (χ0) is 18.6. The lowest BCUT2D eigenvalue weighted by atomic mass is 10.1. The van der Waals surface area contributed by atoms with Crippen LogP contribution in [-0.4, -0.2) is 37.3 Å². The van der Waals surface area contributed by atoms with Crippen LogP contribution in [0.25, 0.3) is 0 Å². The highest BCUT2D eigenvalue weighted by Crippen LogP contribution is 2.13. The summed E-state index contributed by atoms with van der Waals surface area (Å²) in [7, 11) is 2.41. The van der Waals surface area contributed by atoms with Crippen molar-refractivity contribution < 1.29 is 27.5 Å². The topological polar surface area (TPSA) is 59.0 Å². The first-order valence-corrected chi connectivity index (χ1v) is 6.98. The molecule has 130 valence electrons. The van der Waals surface area contributed by atoms with Gasteiger partial charge in [-0.2, -0.15) is 5.10 Å². The van der Waals surface area contributed by atoms with E-state index in [1.165, 1.54) is 26.3 Å². The van der Waals surface area contributed by atoms with E-state index < -0.39 is 29.3 Å². The molecule has 0 fully saturated rings. The number of carbonyl (C=O) groups is 2. The van der Waals surface area contributed by atoms with Gasteiger partial charge in [-0.3, -0.25) is 4.79 Å². The zero-order valence-corrected chi connectivity index (χ0v) is 13.3. The third-order valence-electron chi connectivity index (χ3n) is 3.25. The zero-order valence-electron chi connectivity index (χ0n) is 13.3. The fraction of sp³-hybridized carbons (Fsp3) is 0.118. The standard InChI is InChI=1S/C17H13F3N2O3/c1-22(16(23)13-6-5-12(18)8-15(13)20)21-9-11-4-3-10(7-14(11)19)17(24)25-2/h3-9H,1-2H3/b21-9+.